The molecule has 0 atom stereocenters. The third-order valence-corrected chi connectivity index (χ3v) is 4.54. The number of hydrogen-bond donors (Lipinski definition) is 2. The normalized spacial score (nSPS) is 14.6. The van der Waals surface area contributed by atoms with E-state index < -0.39 is 5.97 Å². The van der Waals surface area contributed by atoms with E-state index in [0.29, 0.717) is 29.1 Å². The molecule has 1 aliphatic heterocycles. The van der Waals surface area contributed by atoms with Crippen LogP contribution >= 0.6 is 0 Å². The minimum absolute atomic E-state index is 0.165. The van der Waals surface area contributed by atoms with Crippen molar-refractivity contribution >= 4 is 11.5 Å². The number of ether oxygens (including phenoxy) is 3. The summed E-state index contributed by atoms with van der Waals surface area (Å²) in [6, 6.07) is 7.30. The van der Waals surface area contributed by atoms with Gasteiger partial charge in [0.25, 0.3) is 0 Å². The fourth-order valence-electron chi connectivity index (χ4n) is 2.82. The van der Waals surface area contributed by atoms with Gasteiger partial charge in [-0.3, -0.25) is 25.5 Å². The second-order valence-corrected chi connectivity index (χ2v) is 6.67. The summed E-state index contributed by atoms with van der Waals surface area (Å²) in [6.45, 7) is 12.5. The molecule has 0 unspecified atom stereocenters. The molecule has 31 heavy (non-hydrogen) atoms. The number of esters is 1. The summed E-state index contributed by atoms with van der Waals surface area (Å²) in [5.74, 6) is -0.501. The van der Waals surface area contributed by atoms with E-state index in [4.69, 9.17) is 23.9 Å². The number of carbonyl (C=O) groups excluding carboxylic acids is 1. The molecule has 1 aromatic carbocycles. The van der Waals surface area contributed by atoms with Gasteiger partial charge in [-0.15, -0.1) is 0 Å². The van der Waals surface area contributed by atoms with Crippen molar-refractivity contribution in [2.75, 3.05) is 53.7 Å². The fourth-order valence-corrected chi connectivity index (χ4v) is 2.82. The summed E-state index contributed by atoms with van der Waals surface area (Å²) in [5, 5.41) is 0. The minimum atomic E-state index is -0.501. The zero-order valence-corrected chi connectivity index (χ0v) is 18.1. The average Bonchev–Trinajstić information content (AvgIpc) is 2.80. The third-order valence-electron chi connectivity index (χ3n) is 4.54. The summed E-state index contributed by atoms with van der Waals surface area (Å²) in [5.41, 5.74) is 8.06. The Hall–Kier alpha value is -2.85. The Morgan fingerprint density at radius 3 is 2.48 bits per heavy atom. The van der Waals surface area contributed by atoms with Crippen molar-refractivity contribution in [1.29, 1.82) is 0 Å². The SMILES string of the molecule is C=C(NOCCN1CCOCC1)C(=C)NOCc1ccccc1C(=COC)C(=O)OC. The van der Waals surface area contributed by atoms with Gasteiger partial charge in [-0.05, 0) is 11.1 Å². The van der Waals surface area contributed by atoms with E-state index in [0.717, 1.165) is 38.4 Å². The summed E-state index contributed by atoms with van der Waals surface area (Å²) >= 11 is 0. The van der Waals surface area contributed by atoms with Crippen LogP contribution in [-0.4, -0.2) is 64.5 Å². The van der Waals surface area contributed by atoms with E-state index in [2.05, 4.69) is 29.0 Å². The van der Waals surface area contributed by atoms with Gasteiger partial charge in [0.2, 0.25) is 0 Å². The molecule has 0 aliphatic carbocycles. The summed E-state index contributed by atoms with van der Waals surface area (Å²) < 4.78 is 15.2. The monoisotopic (exact) mass is 433 g/mol. The zero-order valence-electron chi connectivity index (χ0n) is 18.1. The molecule has 1 heterocycles. The third kappa shape index (κ3) is 8.06. The predicted octanol–water partition coefficient (Wildman–Crippen LogP) is 1.75. The highest BCUT2D eigenvalue weighted by Crippen LogP contribution is 2.21. The Morgan fingerprint density at radius 2 is 1.81 bits per heavy atom. The van der Waals surface area contributed by atoms with E-state index in [1.807, 2.05) is 18.2 Å². The van der Waals surface area contributed by atoms with Gasteiger partial charge in [0.05, 0.1) is 51.7 Å². The molecule has 2 N–H and O–H groups in total. The highest BCUT2D eigenvalue weighted by Gasteiger charge is 2.17. The van der Waals surface area contributed by atoms with Crippen molar-refractivity contribution in [3.63, 3.8) is 0 Å². The van der Waals surface area contributed by atoms with Crippen LogP contribution in [0.4, 0.5) is 0 Å². The highest BCUT2D eigenvalue weighted by atomic mass is 16.7. The number of rotatable bonds is 13. The van der Waals surface area contributed by atoms with Crippen molar-refractivity contribution in [3.05, 3.63) is 66.2 Å². The first-order valence-electron chi connectivity index (χ1n) is 9.90. The quantitative estimate of drug-likeness (QED) is 0.121. The molecule has 170 valence electrons. The zero-order chi connectivity index (χ0) is 22.5. The molecule has 0 radical (unpaired) electrons. The van der Waals surface area contributed by atoms with Crippen molar-refractivity contribution in [3.8, 4) is 0 Å². The van der Waals surface area contributed by atoms with Gasteiger partial charge in [-0.2, -0.15) is 0 Å². The molecule has 0 saturated carbocycles. The lowest BCUT2D eigenvalue weighted by Gasteiger charge is -2.26. The maximum Gasteiger partial charge on any atom is 0.341 e. The number of morpholine rings is 1. The van der Waals surface area contributed by atoms with Crippen molar-refractivity contribution in [2.24, 2.45) is 0 Å². The largest absolute Gasteiger partial charge is 0.503 e. The topological polar surface area (TPSA) is 90.5 Å². The van der Waals surface area contributed by atoms with Gasteiger partial charge in [-0.1, -0.05) is 37.4 Å². The van der Waals surface area contributed by atoms with Gasteiger partial charge in [-0.25, -0.2) is 4.79 Å². The molecule has 0 bridgehead atoms. The van der Waals surface area contributed by atoms with Gasteiger partial charge < -0.3 is 14.2 Å². The number of hydrogen-bond acceptors (Lipinski definition) is 9. The van der Waals surface area contributed by atoms with E-state index >= 15 is 0 Å². The molecule has 1 aromatic rings. The molecule has 1 aliphatic rings. The van der Waals surface area contributed by atoms with E-state index in [9.17, 15) is 4.79 Å². The molecule has 2 rings (SSSR count). The summed E-state index contributed by atoms with van der Waals surface area (Å²) in [6.07, 6.45) is 1.34. The first-order chi connectivity index (χ1) is 15.1. The van der Waals surface area contributed by atoms with Crippen molar-refractivity contribution in [1.82, 2.24) is 15.9 Å². The van der Waals surface area contributed by atoms with Crippen LogP contribution < -0.4 is 11.0 Å². The lowest BCUT2D eigenvalue weighted by Crippen LogP contribution is -2.39. The number of nitrogens with one attached hydrogen (secondary N) is 2. The number of hydroxylamine groups is 2. The Kier molecular flexibility index (Phi) is 10.6. The molecule has 1 fully saturated rings. The van der Waals surface area contributed by atoms with Crippen LogP contribution in [0.25, 0.3) is 5.57 Å². The Labute approximate surface area is 183 Å². The maximum absolute atomic E-state index is 12.1. The number of methoxy groups -OCH3 is 2. The number of benzene rings is 1. The minimum Gasteiger partial charge on any atom is -0.503 e. The van der Waals surface area contributed by atoms with Crippen LogP contribution in [0.3, 0.4) is 0 Å². The molecule has 9 nitrogen and oxygen atoms in total. The Bertz CT molecular complexity index is 774. The average molecular weight is 434 g/mol. The van der Waals surface area contributed by atoms with Crippen LogP contribution in [0.15, 0.2) is 55.1 Å². The first-order valence-corrected chi connectivity index (χ1v) is 9.90. The first kappa shape index (κ1) is 24.4. The van der Waals surface area contributed by atoms with Gasteiger partial charge in [0, 0.05) is 19.6 Å². The van der Waals surface area contributed by atoms with Gasteiger partial charge in [0.1, 0.15) is 12.2 Å². The van der Waals surface area contributed by atoms with E-state index in [1.165, 1.54) is 20.5 Å². The number of nitrogens with zero attached hydrogens (tertiary/aromatic N) is 1. The molecule has 9 heteroatoms. The van der Waals surface area contributed by atoms with Crippen LogP contribution in [0.2, 0.25) is 0 Å². The highest BCUT2D eigenvalue weighted by molar-refractivity contribution is 6.16. The van der Waals surface area contributed by atoms with Crippen molar-refractivity contribution < 1.29 is 28.7 Å². The Balaban J connectivity index is 1.78. The summed E-state index contributed by atoms with van der Waals surface area (Å²) in [7, 11) is 2.79. The molecule has 0 spiro atoms. The smallest absolute Gasteiger partial charge is 0.341 e. The van der Waals surface area contributed by atoms with Gasteiger partial charge in [0.15, 0.2) is 0 Å². The lowest BCUT2D eigenvalue weighted by molar-refractivity contribution is -0.133. The standard InChI is InChI=1S/C22H31N3O6/c1-17(23-30-14-11-25-9-12-29-13-10-25)18(2)24-31-15-19-7-5-6-8-20(19)21(16-27-3)22(26)28-4/h5-8,16,23-24H,1-2,9-15H2,3-4H3. The number of carbonyl (C=O) groups is 1. The van der Waals surface area contributed by atoms with Crippen LogP contribution in [0.1, 0.15) is 11.1 Å². The van der Waals surface area contributed by atoms with Crippen LogP contribution in [-0.2, 0) is 35.3 Å². The van der Waals surface area contributed by atoms with Crippen molar-refractivity contribution in [2.45, 2.75) is 6.61 Å². The second-order valence-electron chi connectivity index (χ2n) is 6.67. The lowest BCUT2D eigenvalue weighted by atomic mass is 10.0. The Morgan fingerprint density at radius 1 is 1.13 bits per heavy atom. The van der Waals surface area contributed by atoms with E-state index in [1.54, 1.807) is 6.07 Å². The van der Waals surface area contributed by atoms with E-state index in [-0.39, 0.29) is 6.61 Å². The second kappa shape index (κ2) is 13.5. The van der Waals surface area contributed by atoms with Crippen LogP contribution in [0.5, 0.6) is 0 Å². The fraction of sp³-hybridized carbons (Fsp3) is 0.409. The molecular weight excluding hydrogens is 402 g/mol. The predicted molar refractivity (Wildman–Crippen MR) is 116 cm³/mol. The summed E-state index contributed by atoms with van der Waals surface area (Å²) in [4.78, 5) is 25.3. The molecular formula is C22H31N3O6. The molecule has 0 amide bonds. The van der Waals surface area contributed by atoms with Crippen LogP contribution in [0, 0.1) is 0 Å². The van der Waals surface area contributed by atoms with Gasteiger partial charge >= 0.3 is 5.97 Å². The molecule has 0 aromatic heterocycles. The molecule has 1 saturated heterocycles. The maximum atomic E-state index is 12.1.